The fourth-order valence-electron chi connectivity index (χ4n) is 2.25. The van der Waals surface area contributed by atoms with E-state index < -0.39 is 0 Å². The predicted octanol–water partition coefficient (Wildman–Crippen LogP) is 1.22. The molecule has 1 rings (SSSR count). The van der Waals surface area contributed by atoms with Gasteiger partial charge in [0.2, 0.25) is 5.91 Å². The highest BCUT2D eigenvalue weighted by Gasteiger charge is 2.13. The van der Waals surface area contributed by atoms with Crippen molar-refractivity contribution < 1.29 is 4.79 Å². The molecular formula is C13H26N4O. The van der Waals surface area contributed by atoms with Gasteiger partial charge in [-0.3, -0.25) is 9.79 Å². The van der Waals surface area contributed by atoms with Crippen molar-refractivity contribution in [1.82, 2.24) is 4.90 Å². The van der Waals surface area contributed by atoms with Crippen LogP contribution >= 0.6 is 0 Å². The molecule has 18 heavy (non-hydrogen) atoms. The average molecular weight is 254 g/mol. The second-order valence-electron chi connectivity index (χ2n) is 4.91. The van der Waals surface area contributed by atoms with E-state index in [2.05, 4.69) is 4.99 Å². The first-order valence-electron chi connectivity index (χ1n) is 7.03. The third-order valence-electron chi connectivity index (χ3n) is 3.30. The van der Waals surface area contributed by atoms with E-state index >= 15 is 0 Å². The Morgan fingerprint density at radius 1 is 1.00 bits per heavy atom. The Morgan fingerprint density at radius 3 is 2.22 bits per heavy atom. The zero-order valence-electron chi connectivity index (χ0n) is 11.2. The molecule has 0 bridgehead atoms. The van der Waals surface area contributed by atoms with Crippen molar-refractivity contribution in [2.24, 2.45) is 16.5 Å². The summed E-state index contributed by atoms with van der Waals surface area (Å²) >= 11 is 0. The van der Waals surface area contributed by atoms with Crippen LogP contribution in [0.1, 0.15) is 51.4 Å². The molecule has 0 atom stereocenters. The summed E-state index contributed by atoms with van der Waals surface area (Å²) in [6.45, 7) is 2.50. The number of carbonyl (C=O) groups excluding carboxylic acids is 1. The van der Waals surface area contributed by atoms with Crippen molar-refractivity contribution in [3.63, 3.8) is 0 Å². The molecule has 0 saturated carbocycles. The zero-order chi connectivity index (χ0) is 13.2. The number of unbranched alkanes of at least 4 members (excludes halogenated alkanes) is 1. The fraction of sp³-hybridized carbons (Fsp3) is 0.846. The minimum absolute atomic E-state index is 0.130. The summed E-state index contributed by atoms with van der Waals surface area (Å²) in [5.74, 6) is 0.423. The number of amides is 1. The molecule has 1 fully saturated rings. The van der Waals surface area contributed by atoms with E-state index in [1.54, 1.807) is 0 Å². The maximum Gasteiger partial charge on any atom is 0.222 e. The van der Waals surface area contributed by atoms with Crippen LogP contribution in [0.3, 0.4) is 0 Å². The Bertz CT molecular complexity index is 266. The number of hydrogen-bond acceptors (Lipinski definition) is 2. The molecule has 4 N–H and O–H groups in total. The van der Waals surface area contributed by atoms with Crippen LogP contribution in [0.5, 0.6) is 0 Å². The number of aliphatic imine (C=N–C) groups is 1. The zero-order valence-corrected chi connectivity index (χ0v) is 11.2. The van der Waals surface area contributed by atoms with Crippen LogP contribution in [0.15, 0.2) is 4.99 Å². The van der Waals surface area contributed by atoms with E-state index in [4.69, 9.17) is 11.5 Å². The summed E-state index contributed by atoms with van der Waals surface area (Å²) < 4.78 is 0. The van der Waals surface area contributed by atoms with E-state index in [1.165, 1.54) is 19.3 Å². The number of likely N-dealkylation sites (tertiary alicyclic amines) is 1. The number of hydrogen-bond donors (Lipinski definition) is 2. The van der Waals surface area contributed by atoms with Crippen LogP contribution in [-0.4, -0.2) is 36.4 Å². The third-order valence-corrected chi connectivity index (χ3v) is 3.30. The first-order valence-corrected chi connectivity index (χ1v) is 7.03. The van der Waals surface area contributed by atoms with Crippen molar-refractivity contribution in [3.8, 4) is 0 Å². The number of guanidine groups is 1. The van der Waals surface area contributed by atoms with Gasteiger partial charge in [-0.15, -0.1) is 0 Å². The minimum atomic E-state index is 0.130. The monoisotopic (exact) mass is 254 g/mol. The SMILES string of the molecule is NC(N)=NCCCCC(=O)N1CCCCCCC1. The van der Waals surface area contributed by atoms with Crippen LogP contribution in [0.25, 0.3) is 0 Å². The van der Waals surface area contributed by atoms with Gasteiger partial charge >= 0.3 is 0 Å². The Kier molecular flexibility index (Phi) is 7.22. The van der Waals surface area contributed by atoms with E-state index in [9.17, 15) is 4.79 Å². The maximum atomic E-state index is 12.0. The lowest BCUT2D eigenvalue weighted by Crippen LogP contribution is -2.33. The van der Waals surface area contributed by atoms with Crippen LogP contribution in [0.2, 0.25) is 0 Å². The topological polar surface area (TPSA) is 84.7 Å². The fourth-order valence-corrected chi connectivity index (χ4v) is 2.25. The molecule has 1 amide bonds. The van der Waals surface area contributed by atoms with E-state index in [0.29, 0.717) is 18.9 Å². The molecule has 0 aromatic carbocycles. The van der Waals surface area contributed by atoms with E-state index in [0.717, 1.165) is 38.8 Å². The Morgan fingerprint density at radius 2 is 1.61 bits per heavy atom. The first-order chi connectivity index (χ1) is 8.70. The first kappa shape index (κ1) is 14.8. The van der Waals surface area contributed by atoms with Crippen LogP contribution in [0.4, 0.5) is 0 Å². The molecule has 0 aliphatic carbocycles. The number of nitrogens with zero attached hydrogens (tertiary/aromatic N) is 2. The lowest BCUT2D eigenvalue weighted by atomic mass is 10.1. The highest BCUT2D eigenvalue weighted by Crippen LogP contribution is 2.12. The molecule has 5 heteroatoms. The number of rotatable bonds is 5. The Hall–Kier alpha value is -1.26. The van der Waals surface area contributed by atoms with Crippen molar-refractivity contribution in [3.05, 3.63) is 0 Å². The van der Waals surface area contributed by atoms with Gasteiger partial charge in [-0.05, 0) is 25.7 Å². The molecule has 1 aliphatic heterocycles. The molecule has 0 aromatic heterocycles. The number of nitrogens with two attached hydrogens (primary N) is 2. The van der Waals surface area contributed by atoms with Crippen molar-refractivity contribution in [2.45, 2.75) is 51.4 Å². The highest BCUT2D eigenvalue weighted by molar-refractivity contribution is 5.76. The quantitative estimate of drug-likeness (QED) is 0.439. The predicted molar refractivity (Wildman–Crippen MR) is 74.2 cm³/mol. The normalized spacial score (nSPS) is 16.8. The minimum Gasteiger partial charge on any atom is -0.370 e. The lowest BCUT2D eigenvalue weighted by Gasteiger charge is -2.24. The van der Waals surface area contributed by atoms with Gasteiger partial charge in [-0.2, -0.15) is 0 Å². The van der Waals surface area contributed by atoms with Crippen molar-refractivity contribution in [1.29, 1.82) is 0 Å². The van der Waals surface area contributed by atoms with Crippen molar-refractivity contribution in [2.75, 3.05) is 19.6 Å². The van der Waals surface area contributed by atoms with Gasteiger partial charge < -0.3 is 16.4 Å². The van der Waals surface area contributed by atoms with Crippen molar-refractivity contribution >= 4 is 11.9 Å². The second-order valence-corrected chi connectivity index (χ2v) is 4.91. The summed E-state index contributed by atoms with van der Waals surface area (Å²) in [5, 5.41) is 0. The highest BCUT2D eigenvalue weighted by atomic mass is 16.2. The molecule has 1 heterocycles. The Labute approximate surface area is 110 Å². The summed E-state index contributed by atoms with van der Waals surface area (Å²) in [4.78, 5) is 17.9. The third kappa shape index (κ3) is 6.47. The molecule has 5 nitrogen and oxygen atoms in total. The smallest absolute Gasteiger partial charge is 0.222 e. The van der Waals surface area contributed by atoms with Crippen LogP contribution in [0, 0.1) is 0 Å². The summed E-state index contributed by atoms with van der Waals surface area (Å²) in [6.07, 6.45) is 8.51. The number of carbonyl (C=O) groups is 1. The van der Waals surface area contributed by atoms with E-state index in [-0.39, 0.29) is 5.96 Å². The second kappa shape index (κ2) is 8.78. The molecule has 0 spiro atoms. The largest absolute Gasteiger partial charge is 0.370 e. The molecule has 0 unspecified atom stereocenters. The average Bonchev–Trinajstić information content (AvgIpc) is 2.27. The molecule has 1 saturated heterocycles. The van der Waals surface area contributed by atoms with Gasteiger partial charge in [0.05, 0.1) is 0 Å². The molecule has 1 aliphatic rings. The lowest BCUT2D eigenvalue weighted by molar-refractivity contribution is -0.131. The van der Waals surface area contributed by atoms with Gasteiger partial charge in [0, 0.05) is 26.1 Å². The Balaban J connectivity index is 2.16. The molecule has 104 valence electrons. The summed E-state index contributed by atoms with van der Waals surface area (Å²) in [5.41, 5.74) is 10.5. The van der Waals surface area contributed by atoms with Crippen LogP contribution < -0.4 is 11.5 Å². The molecule has 0 radical (unpaired) electrons. The molecular weight excluding hydrogens is 228 g/mol. The van der Waals surface area contributed by atoms with Gasteiger partial charge in [0.15, 0.2) is 5.96 Å². The van der Waals surface area contributed by atoms with Gasteiger partial charge in [0.25, 0.3) is 0 Å². The summed E-state index contributed by atoms with van der Waals surface area (Å²) in [7, 11) is 0. The maximum absolute atomic E-state index is 12.0. The molecule has 0 aromatic rings. The van der Waals surface area contributed by atoms with Gasteiger partial charge in [-0.25, -0.2) is 0 Å². The van der Waals surface area contributed by atoms with E-state index in [1.807, 2.05) is 4.90 Å². The summed E-state index contributed by atoms with van der Waals surface area (Å²) in [6, 6.07) is 0. The van der Waals surface area contributed by atoms with Crippen LogP contribution in [-0.2, 0) is 4.79 Å². The van der Waals surface area contributed by atoms with Gasteiger partial charge in [0.1, 0.15) is 0 Å². The standard InChI is InChI=1S/C13H26N4O/c14-13(15)16-9-5-4-8-12(18)17-10-6-2-1-3-7-11-17/h1-11H2,(H4,14,15,16). The van der Waals surface area contributed by atoms with Gasteiger partial charge in [-0.1, -0.05) is 19.3 Å².